The zero-order chi connectivity index (χ0) is 10.7. The highest BCUT2D eigenvalue weighted by atomic mass is 19.1. The van der Waals surface area contributed by atoms with Crippen LogP contribution in [0, 0.1) is 5.82 Å². The monoisotopic (exact) mass is 201 g/mol. The molecule has 4 heteroatoms. The van der Waals surface area contributed by atoms with E-state index in [4.69, 9.17) is 0 Å². The van der Waals surface area contributed by atoms with Crippen molar-refractivity contribution in [3.63, 3.8) is 0 Å². The molecule has 2 nitrogen and oxygen atoms in total. The molecule has 0 amide bonds. The summed E-state index contributed by atoms with van der Waals surface area (Å²) in [5.41, 5.74) is 0.897. The molecule has 0 fully saturated rings. The summed E-state index contributed by atoms with van der Waals surface area (Å²) in [6.07, 6.45) is -1.26. The molecule has 0 spiro atoms. The molecule has 1 atom stereocenters. The van der Waals surface area contributed by atoms with Gasteiger partial charge in [0.15, 0.2) is 0 Å². The van der Waals surface area contributed by atoms with Gasteiger partial charge in [0.1, 0.15) is 18.6 Å². The maximum Gasteiger partial charge on any atom is 0.123 e. The second kappa shape index (κ2) is 4.37. The van der Waals surface area contributed by atoms with Gasteiger partial charge in [-0.1, -0.05) is 0 Å². The number of nitrogens with zero attached hydrogens (tertiary/aromatic N) is 1. The molecule has 0 bridgehead atoms. The summed E-state index contributed by atoms with van der Waals surface area (Å²) in [6.45, 7) is -0.912. The van der Waals surface area contributed by atoms with Crippen molar-refractivity contribution in [2.45, 2.75) is 6.10 Å². The van der Waals surface area contributed by atoms with Crippen molar-refractivity contribution < 1.29 is 13.9 Å². The Morgan fingerprint density at radius 3 is 2.57 bits per heavy atom. The predicted octanol–water partition coefficient (Wildman–Crippen LogP) is 1.89. The van der Waals surface area contributed by atoms with Gasteiger partial charge in [0.2, 0.25) is 0 Å². The first-order valence-corrected chi connectivity index (χ1v) is 4.27. The first kappa shape index (κ1) is 10.9. The number of hydrogen-bond acceptors (Lipinski definition) is 2. The van der Waals surface area contributed by atoms with Gasteiger partial charge < -0.3 is 10.0 Å². The van der Waals surface area contributed by atoms with E-state index in [9.17, 15) is 13.9 Å². The Labute approximate surface area is 81.8 Å². The third-order valence-electron chi connectivity index (χ3n) is 1.98. The van der Waals surface area contributed by atoms with Gasteiger partial charge in [-0.25, -0.2) is 8.78 Å². The maximum absolute atomic E-state index is 12.9. The fourth-order valence-electron chi connectivity index (χ4n) is 1.28. The van der Waals surface area contributed by atoms with Crippen molar-refractivity contribution in [3.8, 4) is 0 Å². The number of halogens is 2. The topological polar surface area (TPSA) is 23.5 Å². The van der Waals surface area contributed by atoms with E-state index < -0.39 is 18.6 Å². The molecule has 0 saturated heterocycles. The van der Waals surface area contributed by atoms with E-state index in [0.29, 0.717) is 5.69 Å². The van der Waals surface area contributed by atoms with Crippen LogP contribution < -0.4 is 4.90 Å². The van der Waals surface area contributed by atoms with E-state index in [1.165, 1.54) is 12.1 Å². The van der Waals surface area contributed by atoms with Gasteiger partial charge in [-0.3, -0.25) is 0 Å². The van der Waals surface area contributed by atoms with Crippen LogP contribution >= 0.6 is 0 Å². The second-order valence-corrected chi connectivity index (χ2v) is 3.27. The zero-order valence-corrected chi connectivity index (χ0v) is 8.17. The molecule has 78 valence electrons. The van der Waals surface area contributed by atoms with E-state index in [2.05, 4.69) is 0 Å². The van der Waals surface area contributed by atoms with Crippen molar-refractivity contribution in [2.24, 2.45) is 0 Å². The first-order chi connectivity index (χ1) is 6.56. The summed E-state index contributed by atoms with van der Waals surface area (Å²) < 4.78 is 25.1. The van der Waals surface area contributed by atoms with Crippen LogP contribution in [0.2, 0.25) is 0 Å². The summed E-state index contributed by atoms with van der Waals surface area (Å²) in [5, 5.41) is 9.32. The fraction of sp³-hybridized carbons (Fsp3) is 0.400. The average Bonchev–Trinajstić information content (AvgIpc) is 2.16. The lowest BCUT2D eigenvalue weighted by Crippen LogP contribution is -2.14. The molecule has 0 saturated carbocycles. The largest absolute Gasteiger partial charge is 0.386 e. The standard InChI is InChI=1S/C10H13F2NO/c1-13(2)9-4-3-7(12)5-8(9)10(14)6-11/h3-5,10,14H,6H2,1-2H3. The molecule has 1 unspecified atom stereocenters. The lowest BCUT2D eigenvalue weighted by atomic mass is 10.1. The zero-order valence-electron chi connectivity index (χ0n) is 8.17. The van der Waals surface area contributed by atoms with Crippen LogP contribution in [0.5, 0.6) is 0 Å². The van der Waals surface area contributed by atoms with E-state index in [1.54, 1.807) is 19.0 Å². The molecule has 1 rings (SSSR count). The number of anilines is 1. The molecule has 0 aliphatic heterocycles. The molecule has 0 aliphatic rings. The van der Waals surface area contributed by atoms with Crippen LogP contribution in [-0.4, -0.2) is 25.9 Å². The van der Waals surface area contributed by atoms with Crippen molar-refractivity contribution in [1.82, 2.24) is 0 Å². The van der Waals surface area contributed by atoms with Crippen molar-refractivity contribution in [3.05, 3.63) is 29.6 Å². The number of alkyl halides is 1. The summed E-state index contributed by atoms with van der Waals surface area (Å²) in [7, 11) is 3.50. The van der Waals surface area contributed by atoms with Crippen LogP contribution in [0.4, 0.5) is 14.5 Å². The van der Waals surface area contributed by atoms with Gasteiger partial charge in [-0.15, -0.1) is 0 Å². The Morgan fingerprint density at radius 1 is 1.43 bits per heavy atom. The number of aliphatic hydroxyl groups is 1. The fourth-order valence-corrected chi connectivity index (χ4v) is 1.28. The summed E-state index contributed by atoms with van der Waals surface area (Å²) in [5.74, 6) is -0.474. The third kappa shape index (κ3) is 2.20. The van der Waals surface area contributed by atoms with Crippen LogP contribution in [0.3, 0.4) is 0 Å². The number of aliphatic hydroxyl groups excluding tert-OH is 1. The number of rotatable bonds is 3. The van der Waals surface area contributed by atoms with Gasteiger partial charge in [-0.05, 0) is 18.2 Å². The van der Waals surface area contributed by atoms with E-state index >= 15 is 0 Å². The van der Waals surface area contributed by atoms with Crippen LogP contribution in [-0.2, 0) is 0 Å². The molecule has 0 heterocycles. The van der Waals surface area contributed by atoms with Crippen molar-refractivity contribution >= 4 is 5.69 Å². The van der Waals surface area contributed by atoms with E-state index in [1.807, 2.05) is 0 Å². The Morgan fingerprint density at radius 2 is 2.07 bits per heavy atom. The first-order valence-electron chi connectivity index (χ1n) is 4.27. The lowest BCUT2D eigenvalue weighted by molar-refractivity contribution is 0.142. The minimum Gasteiger partial charge on any atom is -0.386 e. The molecule has 1 aromatic rings. The molecule has 14 heavy (non-hydrogen) atoms. The SMILES string of the molecule is CN(C)c1ccc(F)cc1C(O)CF. The summed E-state index contributed by atoms with van der Waals surface area (Å²) >= 11 is 0. The average molecular weight is 201 g/mol. The smallest absolute Gasteiger partial charge is 0.123 e. The van der Waals surface area contributed by atoms with Crippen LogP contribution in [0.15, 0.2) is 18.2 Å². The highest BCUT2D eigenvalue weighted by molar-refractivity contribution is 5.53. The van der Waals surface area contributed by atoms with Gasteiger partial charge in [0.05, 0.1) is 0 Å². The van der Waals surface area contributed by atoms with E-state index in [-0.39, 0.29) is 5.56 Å². The second-order valence-electron chi connectivity index (χ2n) is 3.27. The predicted molar refractivity (Wildman–Crippen MR) is 51.7 cm³/mol. The van der Waals surface area contributed by atoms with Crippen molar-refractivity contribution in [2.75, 3.05) is 25.7 Å². The minimum atomic E-state index is -1.26. The molecular weight excluding hydrogens is 188 g/mol. The van der Waals surface area contributed by atoms with Gasteiger partial charge in [0.25, 0.3) is 0 Å². The third-order valence-corrected chi connectivity index (χ3v) is 1.98. The molecule has 1 aromatic carbocycles. The number of hydrogen-bond donors (Lipinski definition) is 1. The van der Waals surface area contributed by atoms with Crippen LogP contribution in [0.1, 0.15) is 11.7 Å². The van der Waals surface area contributed by atoms with Gasteiger partial charge >= 0.3 is 0 Å². The number of benzene rings is 1. The summed E-state index contributed by atoms with van der Waals surface area (Å²) in [6, 6.07) is 3.95. The molecular formula is C10H13F2NO. The molecule has 0 aliphatic carbocycles. The van der Waals surface area contributed by atoms with E-state index in [0.717, 1.165) is 6.07 Å². The quantitative estimate of drug-likeness (QED) is 0.807. The van der Waals surface area contributed by atoms with Crippen LogP contribution in [0.25, 0.3) is 0 Å². The maximum atomic E-state index is 12.9. The Bertz CT molecular complexity index is 315. The van der Waals surface area contributed by atoms with Gasteiger partial charge in [-0.2, -0.15) is 0 Å². The Hall–Kier alpha value is -1.16. The Kier molecular flexibility index (Phi) is 3.41. The lowest BCUT2D eigenvalue weighted by Gasteiger charge is -2.19. The highest BCUT2D eigenvalue weighted by Crippen LogP contribution is 2.26. The Balaban J connectivity index is 3.15. The van der Waals surface area contributed by atoms with Crippen molar-refractivity contribution in [1.29, 1.82) is 0 Å². The molecule has 1 N–H and O–H groups in total. The normalized spacial score (nSPS) is 12.6. The molecule has 0 radical (unpaired) electrons. The minimum absolute atomic E-state index is 0.275. The highest BCUT2D eigenvalue weighted by Gasteiger charge is 2.14. The summed E-state index contributed by atoms with van der Waals surface area (Å²) in [4.78, 5) is 1.70. The van der Waals surface area contributed by atoms with Gasteiger partial charge in [0, 0.05) is 25.3 Å². The molecule has 0 aromatic heterocycles.